The summed E-state index contributed by atoms with van der Waals surface area (Å²) in [6.07, 6.45) is 6.64. The molecule has 1 saturated heterocycles. The number of hydrogen-bond donors (Lipinski definition) is 2. The van der Waals surface area contributed by atoms with E-state index in [9.17, 15) is 17.6 Å². The summed E-state index contributed by atoms with van der Waals surface area (Å²) < 4.78 is 40.6. The lowest BCUT2D eigenvalue weighted by Crippen LogP contribution is -2.44. The number of fused-ring (bicyclic) bond motifs is 1. The van der Waals surface area contributed by atoms with Gasteiger partial charge in [0.2, 0.25) is 5.82 Å². The number of nitrogen functional groups attached to an aromatic ring is 1. The molecule has 14 heteroatoms. The van der Waals surface area contributed by atoms with Crippen LogP contribution in [0.3, 0.4) is 0 Å². The minimum atomic E-state index is -3.77. The normalized spacial score (nSPS) is 17.7. The minimum Gasteiger partial charge on any atom is -0.382 e. The SMILES string of the molecule is C[C@H]1C[C@H](c2nc3c(-c4ccc(-c5ccc(F)cc5)nc4)cnn3c(N)c2S(C)(=O)=O)CCN1C(=O)c1nnc[nH]1. The molecule has 1 fully saturated rings. The molecule has 6 rings (SSSR count). The van der Waals surface area contributed by atoms with E-state index in [-0.39, 0.29) is 40.2 Å². The zero-order valence-electron chi connectivity index (χ0n) is 22.2. The number of anilines is 1. The number of amides is 1. The lowest BCUT2D eigenvalue weighted by Gasteiger charge is -2.37. The Hall–Kier alpha value is -4.72. The van der Waals surface area contributed by atoms with Gasteiger partial charge in [-0.2, -0.15) is 9.61 Å². The lowest BCUT2D eigenvalue weighted by atomic mass is 9.88. The molecule has 210 valence electrons. The van der Waals surface area contributed by atoms with Crippen molar-refractivity contribution in [1.29, 1.82) is 0 Å². The fraction of sp³-hybridized carbons (Fsp3) is 0.259. The number of benzene rings is 1. The van der Waals surface area contributed by atoms with Crippen LogP contribution in [0.2, 0.25) is 0 Å². The highest BCUT2D eigenvalue weighted by molar-refractivity contribution is 7.91. The number of nitrogens with zero attached hydrogens (tertiary/aromatic N) is 7. The number of hydrogen-bond acceptors (Lipinski definition) is 9. The van der Waals surface area contributed by atoms with Crippen molar-refractivity contribution in [3.63, 3.8) is 0 Å². The van der Waals surface area contributed by atoms with Gasteiger partial charge in [0.05, 0.1) is 17.6 Å². The van der Waals surface area contributed by atoms with Crippen molar-refractivity contribution in [3.8, 4) is 22.4 Å². The van der Waals surface area contributed by atoms with Gasteiger partial charge in [-0.25, -0.2) is 17.8 Å². The van der Waals surface area contributed by atoms with Crippen LogP contribution in [0.1, 0.15) is 42.0 Å². The Labute approximate surface area is 234 Å². The van der Waals surface area contributed by atoms with Gasteiger partial charge in [0.1, 0.15) is 22.9 Å². The number of carbonyl (C=O) groups is 1. The fourth-order valence-electron chi connectivity index (χ4n) is 5.39. The molecule has 41 heavy (non-hydrogen) atoms. The zero-order valence-corrected chi connectivity index (χ0v) is 23.0. The van der Waals surface area contributed by atoms with Crippen LogP contribution < -0.4 is 5.73 Å². The molecule has 12 nitrogen and oxygen atoms in total. The summed E-state index contributed by atoms with van der Waals surface area (Å²) in [5.74, 6) is -0.746. The molecule has 1 aliphatic heterocycles. The fourth-order valence-corrected chi connectivity index (χ4v) is 6.45. The first-order valence-electron chi connectivity index (χ1n) is 12.9. The number of piperidine rings is 1. The first kappa shape index (κ1) is 26.5. The quantitative estimate of drug-likeness (QED) is 0.320. The van der Waals surface area contributed by atoms with E-state index in [2.05, 4.69) is 25.3 Å². The Bertz CT molecular complexity index is 1860. The molecule has 0 radical (unpaired) electrons. The van der Waals surface area contributed by atoms with Crippen LogP contribution in [0.4, 0.5) is 10.2 Å². The minimum absolute atomic E-state index is 0.0255. The van der Waals surface area contributed by atoms with Crippen LogP contribution in [-0.2, 0) is 9.84 Å². The maximum absolute atomic E-state index is 13.3. The van der Waals surface area contributed by atoms with E-state index in [0.717, 1.165) is 11.8 Å². The second-order valence-electron chi connectivity index (χ2n) is 10.1. The number of H-pyrrole nitrogens is 1. The molecule has 1 aliphatic rings. The Morgan fingerprint density at radius 1 is 1.12 bits per heavy atom. The maximum atomic E-state index is 13.3. The Balaban J connectivity index is 1.38. The molecule has 5 heterocycles. The molecule has 0 aliphatic carbocycles. The molecule has 1 amide bonds. The van der Waals surface area contributed by atoms with E-state index in [1.807, 2.05) is 19.1 Å². The Morgan fingerprint density at radius 3 is 2.51 bits per heavy atom. The summed E-state index contributed by atoms with van der Waals surface area (Å²) in [4.78, 5) is 26.6. The summed E-state index contributed by atoms with van der Waals surface area (Å²) in [6.45, 7) is 2.28. The number of sulfone groups is 1. The number of pyridine rings is 1. The predicted octanol–water partition coefficient (Wildman–Crippen LogP) is 3.11. The van der Waals surface area contributed by atoms with Crippen molar-refractivity contribution in [3.05, 3.63) is 72.5 Å². The molecule has 2 atom stereocenters. The molecule has 4 aromatic heterocycles. The third-order valence-corrected chi connectivity index (χ3v) is 8.55. The van der Waals surface area contributed by atoms with E-state index in [4.69, 9.17) is 10.7 Å². The average Bonchev–Trinajstić information content (AvgIpc) is 3.63. The van der Waals surface area contributed by atoms with Crippen molar-refractivity contribution in [2.24, 2.45) is 0 Å². The summed E-state index contributed by atoms with van der Waals surface area (Å²) in [5, 5.41) is 11.9. The number of likely N-dealkylation sites (tertiary alicyclic amines) is 1. The van der Waals surface area contributed by atoms with Crippen LogP contribution in [0.25, 0.3) is 28.0 Å². The summed E-state index contributed by atoms with van der Waals surface area (Å²) in [6, 6.07) is 9.49. The lowest BCUT2D eigenvalue weighted by molar-refractivity contribution is 0.0601. The second-order valence-corrected chi connectivity index (χ2v) is 12.1. The van der Waals surface area contributed by atoms with Gasteiger partial charge in [-0.15, -0.1) is 10.2 Å². The summed E-state index contributed by atoms with van der Waals surface area (Å²) in [7, 11) is -3.77. The number of nitrogens with two attached hydrogens (primary N) is 1. The molecule has 3 N–H and O–H groups in total. The van der Waals surface area contributed by atoms with Crippen LogP contribution in [0.5, 0.6) is 0 Å². The van der Waals surface area contributed by atoms with Gasteiger partial charge < -0.3 is 15.6 Å². The van der Waals surface area contributed by atoms with Gasteiger partial charge >= 0.3 is 0 Å². The van der Waals surface area contributed by atoms with Gasteiger partial charge in [-0.1, -0.05) is 6.07 Å². The average molecular weight is 576 g/mol. The van der Waals surface area contributed by atoms with Gasteiger partial charge in [-0.3, -0.25) is 9.78 Å². The zero-order chi connectivity index (χ0) is 28.9. The monoisotopic (exact) mass is 575 g/mol. The summed E-state index contributed by atoms with van der Waals surface area (Å²) in [5.41, 5.74) is 9.96. The molecule has 5 aromatic rings. The number of halogens is 1. The van der Waals surface area contributed by atoms with E-state index in [0.29, 0.717) is 47.5 Å². The number of rotatable bonds is 5. The van der Waals surface area contributed by atoms with Gasteiger partial charge in [0.15, 0.2) is 15.5 Å². The third kappa shape index (κ3) is 4.79. The van der Waals surface area contributed by atoms with Crippen molar-refractivity contribution in [2.45, 2.75) is 36.6 Å². The molecule has 0 unspecified atom stereocenters. The highest BCUT2D eigenvalue weighted by Gasteiger charge is 2.36. The largest absolute Gasteiger partial charge is 0.382 e. The molecule has 0 saturated carbocycles. The standard InChI is InChI=1S/C27H26FN9O3S/c1-15-11-17(9-10-36(15)27(38)25-31-14-32-35-25)22-23(41(2,39)40)24(29)37-26(34-22)20(13-33-37)18-5-8-21(30-12-18)16-3-6-19(28)7-4-16/h3-8,12-15,17H,9-11,29H2,1-2H3,(H,31,32,35)/t15-,17+/m0/s1. The topological polar surface area (TPSA) is 165 Å². The molecule has 0 spiro atoms. The van der Waals surface area contributed by atoms with E-state index in [1.165, 1.54) is 23.0 Å². The molecule has 0 bridgehead atoms. The van der Waals surface area contributed by atoms with E-state index >= 15 is 0 Å². The predicted molar refractivity (Wildman–Crippen MR) is 148 cm³/mol. The van der Waals surface area contributed by atoms with E-state index in [1.54, 1.807) is 29.4 Å². The van der Waals surface area contributed by atoms with Crippen LogP contribution in [0, 0.1) is 5.82 Å². The summed E-state index contributed by atoms with van der Waals surface area (Å²) >= 11 is 0. The van der Waals surface area contributed by atoms with Crippen LogP contribution in [-0.4, -0.2) is 72.8 Å². The number of carbonyl (C=O) groups excluding carboxylic acids is 1. The van der Waals surface area contributed by atoms with Crippen molar-refractivity contribution < 1.29 is 17.6 Å². The van der Waals surface area contributed by atoms with Crippen molar-refractivity contribution in [2.75, 3.05) is 18.5 Å². The van der Waals surface area contributed by atoms with Crippen LogP contribution >= 0.6 is 0 Å². The maximum Gasteiger partial charge on any atom is 0.291 e. The number of aromatic amines is 1. The Kier molecular flexibility index (Phi) is 6.49. The van der Waals surface area contributed by atoms with Crippen molar-refractivity contribution in [1.82, 2.24) is 39.7 Å². The second kappa shape index (κ2) is 10.0. The van der Waals surface area contributed by atoms with Crippen LogP contribution in [0.15, 0.2) is 60.0 Å². The first-order chi connectivity index (χ1) is 19.6. The van der Waals surface area contributed by atoms with Gasteiger partial charge in [0, 0.05) is 47.6 Å². The molecular formula is C27H26FN9O3S. The van der Waals surface area contributed by atoms with Gasteiger partial charge in [0.25, 0.3) is 5.91 Å². The Morgan fingerprint density at radius 2 is 1.88 bits per heavy atom. The number of nitrogens with one attached hydrogen (secondary N) is 1. The van der Waals surface area contributed by atoms with Crippen molar-refractivity contribution >= 4 is 27.2 Å². The molecule has 1 aromatic carbocycles. The smallest absolute Gasteiger partial charge is 0.291 e. The number of aromatic nitrogens is 7. The highest BCUT2D eigenvalue weighted by atomic mass is 32.2. The first-order valence-corrected chi connectivity index (χ1v) is 14.8. The highest BCUT2D eigenvalue weighted by Crippen LogP contribution is 2.38. The molecular weight excluding hydrogens is 549 g/mol. The third-order valence-electron chi connectivity index (χ3n) is 7.39. The van der Waals surface area contributed by atoms with E-state index < -0.39 is 9.84 Å². The van der Waals surface area contributed by atoms with Gasteiger partial charge in [-0.05, 0) is 50.1 Å².